The highest BCUT2D eigenvalue weighted by Crippen LogP contribution is 2.33. The quantitative estimate of drug-likeness (QED) is 0.862. The molecule has 0 radical (unpaired) electrons. The van der Waals surface area contributed by atoms with E-state index in [1.807, 2.05) is 0 Å². The Labute approximate surface area is 104 Å². The van der Waals surface area contributed by atoms with Crippen LogP contribution < -0.4 is 11.1 Å². The van der Waals surface area contributed by atoms with Crippen LogP contribution in [0.1, 0.15) is 12.8 Å². The number of benzene rings is 1. The van der Waals surface area contributed by atoms with Crippen LogP contribution >= 0.6 is 24.0 Å². The summed E-state index contributed by atoms with van der Waals surface area (Å²) in [5.41, 5.74) is 5.29. The van der Waals surface area contributed by atoms with Gasteiger partial charge in [-0.05, 0) is 31.0 Å². The molecule has 0 spiro atoms. The zero-order valence-corrected chi connectivity index (χ0v) is 9.87. The molecule has 0 aliphatic heterocycles. The molecule has 0 unspecified atom stereocenters. The molecular weight excluding hydrogens is 254 g/mol. The zero-order valence-electron chi connectivity index (χ0n) is 8.30. The van der Waals surface area contributed by atoms with Crippen molar-refractivity contribution in [1.82, 2.24) is 0 Å². The SMILES string of the molecule is Cl.NC1(C(=O)Nc2ccc(Cl)c(F)c2)CC1. The van der Waals surface area contributed by atoms with Crippen LogP contribution in [0.2, 0.25) is 5.02 Å². The summed E-state index contributed by atoms with van der Waals surface area (Å²) in [4.78, 5) is 11.5. The van der Waals surface area contributed by atoms with E-state index in [4.69, 9.17) is 17.3 Å². The van der Waals surface area contributed by atoms with Gasteiger partial charge in [-0.1, -0.05) is 11.6 Å². The predicted octanol–water partition coefficient (Wildman–Crippen LogP) is 2.33. The minimum absolute atomic E-state index is 0. The molecule has 1 aromatic carbocycles. The van der Waals surface area contributed by atoms with Gasteiger partial charge < -0.3 is 11.1 Å². The lowest BCUT2D eigenvalue weighted by molar-refractivity contribution is -0.118. The molecule has 3 N–H and O–H groups in total. The van der Waals surface area contributed by atoms with Crippen LogP contribution in [-0.2, 0) is 4.79 Å². The fourth-order valence-corrected chi connectivity index (χ4v) is 1.31. The number of nitrogens with two attached hydrogens (primary N) is 1. The number of anilines is 1. The second-order valence-corrected chi connectivity index (χ2v) is 4.15. The number of hydrogen-bond acceptors (Lipinski definition) is 2. The molecule has 16 heavy (non-hydrogen) atoms. The Balaban J connectivity index is 0.00000128. The maximum Gasteiger partial charge on any atom is 0.244 e. The van der Waals surface area contributed by atoms with E-state index in [0.717, 1.165) is 0 Å². The molecule has 3 nitrogen and oxygen atoms in total. The summed E-state index contributed by atoms with van der Waals surface area (Å²) in [6, 6.07) is 4.10. The lowest BCUT2D eigenvalue weighted by atomic mass is 10.2. The molecule has 1 fully saturated rings. The van der Waals surface area contributed by atoms with Crippen LogP contribution in [0.15, 0.2) is 18.2 Å². The molecule has 0 aromatic heterocycles. The van der Waals surface area contributed by atoms with Crippen molar-refractivity contribution in [2.45, 2.75) is 18.4 Å². The van der Waals surface area contributed by atoms with Crippen LogP contribution in [0.4, 0.5) is 10.1 Å². The molecule has 0 atom stereocenters. The normalized spacial score (nSPS) is 16.2. The van der Waals surface area contributed by atoms with E-state index in [2.05, 4.69) is 5.32 Å². The summed E-state index contributed by atoms with van der Waals surface area (Å²) in [7, 11) is 0. The van der Waals surface area contributed by atoms with Gasteiger partial charge in [-0.15, -0.1) is 12.4 Å². The van der Waals surface area contributed by atoms with Gasteiger partial charge in [0.15, 0.2) is 0 Å². The molecule has 6 heteroatoms. The number of halogens is 3. The van der Waals surface area contributed by atoms with Crippen LogP contribution in [-0.4, -0.2) is 11.4 Å². The number of rotatable bonds is 2. The van der Waals surface area contributed by atoms with E-state index in [0.29, 0.717) is 18.5 Å². The first-order valence-electron chi connectivity index (χ1n) is 4.57. The van der Waals surface area contributed by atoms with Gasteiger partial charge in [0.1, 0.15) is 5.82 Å². The Morgan fingerprint density at radius 2 is 2.12 bits per heavy atom. The van der Waals surface area contributed by atoms with Crippen LogP contribution in [0.25, 0.3) is 0 Å². The molecule has 1 aliphatic carbocycles. The Bertz CT molecular complexity index is 421. The highest BCUT2D eigenvalue weighted by atomic mass is 35.5. The molecule has 1 saturated carbocycles. The molecule has 0 saturated heterocycles. The van der Waals surface area contributed by atoms with Crippen molar-refractivity contribution in [1.29, 1.82) is 0 Å². The summed E-state index contributed by atoms with van der Waals surface area (Å²) in [5, 5.41) is 2.58. The van der Waals surface area contributed by atoms with Crippen molar-refractivity contribution < 1.29 is 9.18 Å². The number of carbonyl (C=O) groups is 1. The molecule has 88 valence electrons. The molecule has 1 amide bonds. The van der Waals surface area contributed by atoms with E-state index < -0.39 is 11.4 Å². The van der Waals surface area contributed by atoms with Crippen molar-refractivity contribution in [3.05, 3.63) is 29.0 Å². The second-order valence-electron chi connectivity index (χ2n) is 3.74. The summed E-state index contributed by atoms with van der Waals surface area (Å²) < 4.78 is 13.0. The van der Waals surface area contributed by atoms with E-state index in [9.17, 15) is 9.18 Å². The molecule has 0 bridgehead atoms. The van der Waals surface area contributed by atoms with Crippen LogP contribution in [0, 0.1) is 5.82 Å². The standard InChI is InChI=1S/C10H10ClFN2O.ClH/c11-7-2-1-6(5-8(7)12)14-9(15)10(13)3-4-10;/h1-2,5H,3-4,13H2,(H,14,15);1H. The van der Waals surface area contributed by atoms with Gasteiger partial charge in [0.2, 0.25) is 5.91 Å². The third-order valence-corrected chi connectivity index (χ3v) is 2.72. The molecule has 2 rings (SSSR count). The first-order chi connectivity index (χ1) is 7.01. The summed E-state index contributed by atoms with van der Waals surface area (Å²) in [6.07, 6.45) is 1.35. The van der Waals surface area contributed by atoms with Crippen LogP contribution in [0.5, 0.6) is 0 Å². The summed E-state index contributed by atoms with van der Waals surface area (Å²) in [5.74, 6) is -0.833. The first kappa shape index (κ1) is 13.2. The van der Waals surface area contributed by atoms with Gasteiger partial charge in [-0.3, -0.25) is 4.79 Å². The summed E-state index contributed by atoms with van der Waals surface area (Å²) in [6.45, 7) is 0. The molecule has 1 aliphatic rings. The van der Waals surface area contributed by atoms with Gasteiger partial charge in [0, 0.05) is 5.69 Å². The number of carbonyl (C=O) groups excluding carboxylic acids is 1. The number of nitrogens with one attached hydrogen (secondary N) is 1. The number of hydrogen-bond donors (Lipinski definition) is 2. The van der Waals surface area contributed by atoms with Gasteiger partial charge in [0.05, 0.1) is 10.6 Å². The van der Waals surface area contributed by atoms with E-state index in [1.165, 1.54) is 18.2 Å². The zero-order chi connectivity index (χ0) is 11.1. The smallest absolute Gasteiger partial charge is 0.244 e. The van der Waals surface area contributed by atoms with E-state index in [-0.39, 0.29) is 23.3 Å². The highest BCUT2D eigenvalue weighted by molar-refractivity contribution is 6.30. The van der Waals surface area contributed by atoms with Crippen molar-refractivity contribution in [2.75, 3.05) is 5.32 Å². The maximum atomic E-state index is 13.0. The molecule has 1 aromatic rings. The van der Waals surface area contributed by atoms with E-state index >= 15 is 0 Å². The summed E-state index contributed by atoms with van der Waals surface area (Å²) >= 11 is 5.51. The van der Waals surface area contributed by atoms with E-state index in [1.54, 1.807) is 0 Å². The van der Waals surface area contributed by atoms with Gasteiger partial charge in [-0.25, -0.2) is 4.39 Å². The van der Waals surface area contributed by atoms with Crippen molar-refractivity contribution in [2.24, 2.45) is 5.73 Å². The average Bonchev–Trinajstić information content (AvgIpc) is 2.92. The predicted molar refractivity (Wildman–Crippen MR) is 63.4 cm³/mol. The lowest BCUT2D eigenvalue weighted by Crippen LogP contribution is -2.37. The molecular formula is C10H11Cl2FN2O. The highest BCUT2D eigenvalue weighted by Gasteiger charge is 2.45. The van der Waals surface area contributed by atoms with Crippen molar-refractivity contribution in [3.8, 4) is 0 Å². The number of amides is 1. The Morgan fingerprint density at radius 3 is 2.62 bits per heavy atom. The minimum Gasteiger partial charge on any atom is -0.324 e. The van der Waals surface area contributed by atoms with Crippen molar-refractivity contribution >= 4 is 35.6 Å². The third-order valence-electron chi connectivity index (χ3n) is 2.42. The maximum absolute atomic E-state index is 13.0. The fourth-order valence-electron chi connectivity index (χ4n) is 1.19. The largest absolute Gasteiger partial charge is 0.324 e. The Morgan fingerprint density at radius 1 is 1.50 bits per heavy atom. The monoisotopic (exact) mass is 264 g/mol. The second kappa shape index (κ2) is 4.57. The van der Waals surface area contributed by atoms with Gasteiger partial charge >= 0.3 is 0 Å². The topological polar surface area (TPSA) is 55.1 Å². The molecule has 0 heterocycles. The van der Waals surface area contributed by atoms with Crippen molar-refractivity contribution in [3.63, 3.8) is 0 Å². The van der Waals surface area contributed by atoms with Crippen LogP contribution in [0.3, 0.4) is 0 Å². The minimum atomic E-state index is -0.754. The Kier molecular flexibility index (Phi) is 3.78. The third kappa shape index (κ3) is 2.64. The fraction of sp³-hybridized carbons (Fsp3) is 0.300. The van der Waals surface area contributed by atoms with Gasteiger partial charge in [-0.2, -0.15) is 0 Å². The average molecular weight is 265 g/mol. The van der Waals surface area contributed by atoms with Gasteiger partial charge in [0.25, 0.3) is 0 Å². The first-order valence-corrected chi connectivity index (χ1v) is 4.94. The lowest BCUT2D eigenvalue weighted by Gasteiger charge is -2.10. The Hall–Kier alpha value is -0.840.